The molecule has 2 aliphatic rings. The van der Waals surface area contributed by atoms with Gasteiger partial charge in [0.25, 0.3) is 0 Å². The third-order valence-electron chi connectivity index (χ3n) is 5.93. The molecule has 0 amide bonds. The van der Waals surface area contributed by atoms with Crippen LogP contribution in [0.4, 0.5) is 0 Å². The lowest BCUT2D eigenvalue weighted by Crippen LogP contribution is -2.28. The number of ketones is 1. The quantitative estimate of drug-likeness (QED) is 0.464. The lowest BCUT2D eigenvalue weighted by atomic mass is 9.84. The van der Waals surface area contributed by atoms with Crippen molar-refractivity contribution in [1.29, 1.82) is 0 Å². The van der Waals surface area contributed by atoms with E-state index in [0.717, 1.165) is 44.7 Å². The summed E-state index contributed by atoms with van der Waals surface area (Å²) in [6, 6.07) is 6.11. The molecular formula is C24H26BrNO3S. The van der Waals surface area contributed by atoms with Gasteiger partial charge in [0.2, 0.25) is 0 Å². The van der Waals surface area contributed by atoms with E-state index >= 15 is 0 Å². The molecule has 2 bridgehead atoms. The SMILES string of the molecule is Cc1cc(Br)ccc1-c1nc(C2=C(OC(=O)C(C)(C)C)[C@@H]3CC[C@@H](C3)C2=O)c(C)s1. The number of benzene rings is 1. The van der Waals surface area contributed by atoms with Crippen LogP contribution in [0.25, 0.3) is 16.1 Å². The Kier molecular flexibility index (Phi) is 5.52. The van der Waals surface area contributed by atoms with Crippen molar-refractivity contribution in [2.75, 3.05) is 0 Å². The highest BCUT2D eigenvalue weighted by Gasteiger charge is 2.44. The van der Waals surface area contributed by atoms with Gasteiger partial charge < -0.3 is 4.74 Å². The molecule has 1 heterocycles. The zero-order valence-electron chi connectivity index (χ0n) is 18.0. The molecule has 1 fully saturated rings. The number of hydrogen-bond acceptors (Lipinski definition) is 5. The van der Waals surface area contributed by atoms with Crippen molar-refractivity contribution in [3.63, 3.8) is 0 Å². The minimum Gasteiger partial charge on any atom is -0.430 e. The number of halogens is 1. The molecule has 2 atom stereocenters. The van der Waals surface area contributed by atoms with Crippen LogP contribution in [-0.2, 0) is 14.3 Å². The van der Waals surface area contributed by atoms with Gasteiger partial charge in [0, 0.05) is 26.7 Å². The molecular weight excluding hydrogens is 462 g/mol. The van der Waals surface area contributed by atoms with Gasteiger partial charge in [-0.2, -0.15) is 0 Å². The highest BCUT2D eigenvalue weighted by atomic mass is 79.9. The zero-order chi connectivity index (χ0) is 21.8. The predicted octanol–water partition coefficient (Wildman–Crippen LogP) is 6.49. The number of carbonyl (C=O) groups excluding carboxylic acids is 2. The summed E-state index contributed by atoms with van der Waals surface area (Å²) in [5, 5.41) is 0.882. The van der Waals surface area contributed by atoms with Gasteiger partial charge in [-0.15, -0.1) is 11.3 Å². The molecule has 0 aliphatic heterocycles. The first-order valence-electron chi connectivity index (χ1n) is 10.3. The second-order valence-corrected chi connectivity index (χ2v) is 11.5. The number of Topliss-reactive ketones (excluding diaryl/α,β-unsaturated/α-hetero) is 1. The Morgan fingerprint density at radius 2 is 1.90 bits per heavy atom. The highest BCUT2D eigenvalue weighted by Crippen LogP contribution is 2.48. The molecule has 1 aromatic heterocycles. The van der Waals surface area contributed by atoms with E-state index in [2.05, 4.69) is 28.9 Å². The Balaban J connectivity index is 1.83. The summed E-state index contributed by atoms with van der Waals surface area (Å²) in [6.45, 7) is 9.55. The highest BCUT2D eigenvalue weighted by molar-refractivity contribution is 9.10. The molecule has 1 aromatic carbocycles. The van der Waals surface area contributed by atoms with E-state index in [1.807, 2.05) is 39.8 Å². The van der Waals surface area contributed by atoms with E-state index in [0.29, 0.717) is 17.0 Å². The molecule has 2 aromatic rings. The number of ether oxygens (including phenoxy) is 1. The third kappa shape index (κ3) is 3.80. The molecule has 30 heavy (non-hydrogen) atoms. The Morgan fingerprint density at radius 3 is 2.57 bits per heavy atom. The molecule has 2 aliphatic carbocycles. The van der Waals surface area contributed by atoms with Crippen LogP contribution in [0.15, 0.2) is 28.4 Å². The minimum atomic E-state index is -0.632. The summed E-state index contributed by atoms with van der Waals surface area (Å²) in [6.07, 6.45) is 2.51. The van der Waals surface area contributed by atoms with Gasteiger partial charge >= 0.3 is 5.97 Å². The van der Waals surface area contributed by atoms with Gasteiger partial charge in [0.05, 0.1) is 16.7 Å². The first-order valence-corrected chi connectivity index (χ1v) is 11.9. The summed E-state index contributed by atoms with van der Waals surface area (Å²) in [5.41, 5.74) is 2.75. The molecule has 4 rings (SSSR count). The fourth-order valence-corrected chi connectivity index (χ4v) is 5.70. The van der Waals surface area contributed by atoms with Crippen LogP contribution in [0.3, 0.4) is 0 Å². The Labute approximate surface area is 189 Å². The Bertz CT molecular complexity index is 1080. The van der Waals surface area contributed by atoms with Crippen LogP contribution >= 0.6 is 27.3 Å². The molecule has 0 N–H and O–H groups in total. The van der Waals surface area contributed by atoms with E-state index in [1.165, 1.54) is 0 Å². The number of esters is 1. The average molecular weight is 488 g/mol. The van der Waals surface area contributed by atoms with Crippen molar-refractivity contribution >= 4 is 44.6 Å². The molecule has 158 valence electrons. The van der Waals surface area contributed by atoms with E-state index in [-0.39, 0.29) is 23.6 Å². The standard InChI is InChI=1S/C24H26BrNO3S/c1-12-10-16(25)8-9-17(12)22-26-19(13(2)30-22)18-20(27)14-6-7-15(11-14)21(18)29-23(28)24(3,4)5/h8-10,14-15H,6-7,11H2,1-5H3/t14-,15+/m0/s1. The lowest BCUT2D eigenvalue weighted by Gasteiger charge is -2.26. The van der Waals surface area contributed by atoms with E-state index in [1.54, 1.807) is 11.3 Å². The summed E-state index contributed by atoms with van der Waals surface area (Å²) >= 11 is 5.09. The van der Waals surface area contributed by atoms with Crippen LogP contribution in [-0.4, -0.2) is 16.7 Å². The molecule has 6 heteroatoms. The average Bonchev–Trinajstić information content (AvgIpc) is 3.24. The van der Waals surface area contributed by atoms with Crippen LogP contribution in [0.1, 0.15) is 56.2 Å². The van der Waals surface area contributed by atoms with Crippen molar-refractivity contribution < 1.29 is 14.3 Å². The fraction of sp³-hybridized carbons (Fsp3) is 0.458. The second-order valence-electron chi connectivity index (χ2n) is 9.33. The van der Waals surface area contributed by atoms with Crippen LogP contribution < -0.4 is 0 Å². The normalized spacial score (nSPS) is 21.3. The maximum atomic E-state index is 13.3. The number of thiazole rings is 1. The summed E-state index contributed by atoms with van der Waals surface area (Å²) < 4.78 is 6.93. The Morgan fingerprint density at radius 1 is 1.20 bits per heavy atom. The van der Waals surface area contributed by atoms with E-state index in [9.17, 15) is 9.59 Å². The second kappa shape index (κ2) is 7.72. The largest absolute Gasteiger partial charge is 0.430 e. The fourth-order valence-electron chi connectivity index (χ4n) is 4.22. The molecule has 0 unspecified atom stereocenters. The maximum absolute atomic E-state index is 13.3. The van der Waals surface area contributed by atoms with Gasteiger partial charge in [0.15, 0.2) is 5.78 Å². The van der Waals surface area contributed by atoms with Crippen molar-refractivity contribution in [3.8, 4) is 10.6 Å². The lowest BCUT2D eigenvalue weighted by molar-refractivity contribution is -0.149. The molecule has 4 nitrogen and oxygen atoms in total. The van der Waals surface area contributed by atoms with Crippen LogP contribution in [0, 0.1) is 31.1 Å². The predicted molar refractivity (Wildman–Crippen MR) is 123 cm³/mol. The number of rotatable bonds is 3. The minimum absolute atomic E-state index is 0.0149. The summed E-state index contributed by atoms with van der Waals surface area (Å²) in [5.74, 6) is 0.452. The maximum Gasteiger partial charge on any atom is 0.316 e. The summed E-state index contributed by atoms with van der Waals surface area (Å²) in [4.78, 5) is 31.9. The van der Waals surface area contributed by atoms with Gasteiger partial charge in [-0.1, -0.05) is 22.0 Å². The third-order valence-corrected chi connectivity index (χ3v) is 7.43. The van der Waals surface area contributed by atoms with E-state index < -0.39 is 5.41 Å². The van der Waals surface area contributed by atoms with Crippen molar-refractivity contribution in [3.05, 3.63) is 44.6 Å². The van der Waals surface area contributed by atoms with Crippen LogP contribution in [0.5, 0.6) is 0 Å². The zero-order valence-corrected chi connectivity index (χ0v) is 20.4. The number of allylic oxidation sites excluding steroid dienone is 2. The van der Waals surface area contributed by atoms with Gasteiger partial charge in [-0.25, -0.2) is 4.98 Å². The number of aromatic nitrogens is 1. The number of fused-ring (bicyclic) bond motifs is 2. The number of aryl methyl sites for hydroxylation is 2. The monoisotopic (exact) mass is 487 g/mol. The van der Waals surface area contributed by atoms with E-state index in [4.69, 9.17) is 9.72 Å². The summed E-state index contributed by atoms with van der Waals surface area (Å²) in [7, 11) is 0. The van der Waals surface area contributed by atoms with Gasteiger partial charge in [0.1, 0.15) is 10.8 Å². The topological polar surface area (TPSA) is 56.3 Å². The number of hydrogen-bond donors (Lipinski definition) is 0. The molecule has 0 spiro atoms. The molecule has 0 radical (unpaired) electrons. The van der Waals surface area contributed by atoms with Crippen molar-refractivity contribution in [2.45, 2.75) is 53.9 Å². The van der Waals surface area contributed by atoms with Crippen molar-refractivity contribution in [1.82, 2.24) is 4.98 Å². The molecule has 0 saturated heterocycles. The first kappa shape index (κ1) is 21.4. The van der Waals surface area contributed by atoms with Gasteiger partial charge in [-0.05, 0) is 71.6 Å². The number of carbonyl (C=O) groups is 2. The smallest absolute Gasteiger partial charge is 0.316 e. The van der Waals surface area contributed by atoms with Crippen molar-refractivity contribution in [2.24, 2.45) is 17.3 Å². The first-order chi connectivity index (χ1) is 14.1. The van der Waals surface area contributed by atoms with Gasteiger partial charge in [-0.3, -0.25) is 9.59 Å². The Hall–Kier alpha value is -1.79. The molecule has 1 saturated carbocycles. The van der Waals surface area contributed by atoms with Crippen LogP contribution in [0.2, 0.25) is 0 Å². The number of nitrogens with zero attached hydrogens (tertiary/aromatic N) is 1.